The number of pyridine rings is 1. The maximum absolute atomic E-state index is 12.5. The number of sulfonamides is 1. The Morgan fingerprint density at radius 1 is 1.12 bits per heavy atom. The average Bonchev–Trinajstić information content (AvgIpc) is 3.04. The molecule has 0 saturated carbocycles. The molecule has 0 saturated heterocycles. The fourth-order valence-corrected chi connectivity index (χ4v) is 3.80. The predicted molar refractivity (Wildman–Crippen MR) is 91.5 cm³/mol. The van der Waals surface area contributed by atoms with Gasteiger partial charge in [-0.15, -0.1) is 0 Å². The molecule has 0 unspecified atom stereocenters. The molecular formula is C17H17N3O4S. The molecule has 25 heavy (non-hydrogen) atoms. The zero-order chi connectivity index (χ0) is 17.3. The highest BCUT2D eigenvalue weighted by Crippen LogP contribution is 2.32. The van der Waals surface area contributed by atoms with E-state index in [1.807, 2.05) is 28.8 Å². The van der Waals surface area contributed by atoms with E-state index < -0.39 is 10.0 Å². The van der Waals surface area contributed by atoms with Crippen molar-refractivity contribution in [1.29, 1.82) is 0 Å². The highest BCUT2D eigenvalue weighted by Gasteiger charge is 2.19. The summed E-state index contributed by atoms with van der Waals surface area (Å²) in [5, 5.41) is 0. The standard InChI is InChI=1S/C17H17N3O4S/c21-25(22,14-4-5-15-16(11-14)24-10-9-23-15)19-7-6-17-18-12-13-3-1-2-8-20(13)17/h1-5,8,11-12,19H,6-7,9-10H2. The Kier molecular flexibility index (Phi) is 4.06. The van der Waals surface area contributed by atoms with Gasteiger partial charge in [0.2, 0.25) is 10.0 Å². The van der Waals surface area contributed by atoms with E-state index in [1.165, 1.54) is 12.1 Å². The molecule has 0 aliphatic carbocycles. The smallest absolute Gasteiger partial charge is 0.240 e. The number of fused-ring (bicyclic) bond motifs is 2. The van der Waals surface area contributed by atoms with Gasteiger partial charge in [-0.05, 0) is 24.3 Å². The molecule has 0 radical (unpaired) electrons. The fraction of sp³-hybridized carbons (Fsp3) is 0.235. The number of hydrogen-bond donors (Lipinski definition) is 1. The lowest BCUT2D eigenvalue weighted by molar-refractivity contribution is 0.171. The zero-order valence-electron chi connectivity index (χ0n) is 13.4. The molecule has 0 bridgehead atoms. The first-order valence-electron chi connectivity index (χ1n) is 7.94. The molecule has 130 valence electrons. The molecule has 3 aromatic rings. The largest absolute Gasteiger partial charge is 0.486 e. The molecular weight excluding hydrogens is 342 g/mol. The van der Waals surface area contributed by atoms with Crippen LogP contribution in [0.3, 0.4) is 0 Å². The minimum Gasteiger partial charge on any atom is -0.486 e. The van der Waals surface area contributed by atoms with E-state index in [4.69, 9.17) is 9.47 Å². The number of rotatable bonds is 5. The molecule has 0 fully saturated rings. The third kappa shape index (κ3) is 3.18. The number of aromatic nitrogens is 2. The van der Waals surface area contributed by atoms with Crippen molar-refractivity contribution in [2.24, 2.45) is 0 Å². The van der Waals surface area contributed by atoms with Gasteiger partial charge in [0.05, 0.1) is 16.6 Å². The Morgan fingerprint density at radius 2 is 1.96 bits per heavy atom. The number of hydrogen-bond acceptors (Lipinski definition) is 5. The van der Waals surface area contributed by atoms with Gasteiger partial charge in [0.25, 0.3) is 0 Å². The summed E-state index contributed by atoms with van der Waals surface area (Å²) in [7, 11) is -3.62. The van der Waals surface area contributed by atoms with Crippen LogP contribution < -0.4 is 14.2 Å². The second-order valence-corrected chi connectivity index (χ2v) is 7.39. The van der Waals surface area contributed by atoms with Crippen LogP contribution in [-0.2, 0) is 16.4 Å². The summed E-state index contributed by atoms with van der Waals surface area (Å²) in [5.41, 5.74) is 0.979. The first-order chi connectivity index (χ1) is 12.1. The molecule has 0 atom stereocenters. The van der Waals surface area contributed by atoms with Crippen molar-refractivity contribution < 1.29 is 17.9 Å². The molecule has 0 amide bonds. The number of nitrogens with zero attached hydrogens (tertiary/aromatic N) is 2. The lowest BCUT2D eigenvalue weighted by atomic mass is 10.3. The van der Waals surface area contributed by atoms with E-state index in [-0.39, 0.29) is 11.4 Å². The Morgan fingerprint density at radius 3 is 2.84 bits per heavy atom. The van der Waals surface area contributed by atoms with Crippen LogP contribution >= 0.6 is 0 Å². The van der Waals surface area contributed by atoms with Gasteiger partial charge in [-0.2, -0.15) is 0 Å². The number of benzene rings is 1. The Bertz CT molecular complexity index is 1010. The van der Waals surface area contributed by atoms with Crippen molar-refractivity contribution in [3.05, 3.63) is 54.6 Å². The summed E-state index contributed by atoms with van der Waals surface area (Å²) >= 11 is 0. The van der Waals surface area contributed by atoms with E-state index in [0.29, 0.717) is 31.1 Å². The molecule has 1 N–H and O–H groups in total. The monoisotopic (exact) mass is 359 g/mol. The summed E-state index contributed by atoms with van der Waals surface area (Å²) in [6.07, 6.45) is 4.17. The van der Waals surface area contributed by atoms with Crippen LogP contribution in [0.1, 0.15) is 5.82 Å². The van der Waals surface area contributed by atoms with Crippen molar-refractivity contribution in [2.45, 2.75) is 11.3 Å². The number of nitrogens with one attached hydrogen (secondary N) is 1. The SMILES string of the molecule is O=S(=O)(NCCc1ncc2ccccn12)c1ccc2c(c1)OCCO2. The highest BCUT2D eigenvalue weighted by atomic mass is 32.2. The minimum absolute atomic E-state index is 0.157. The minimum atomic E-state index is -3.62. The van der Waals surface area contributed by atoms with Crippen LogP contribution in [0.25, 0.3) is 5.52 Å². The van der Waals surface area contributed by atoms with Crippen LogP contribution in [-0.4, -0.2) is 37.6 Å². The maximum atomic E-state index is 12.5. The van der Waals surface area contributed by atoms with Gasteiger partial charge in [0.1, 0.15) is 19.0 Å². The quantitative estimate of drug-likeness (QED) is 0.749. The van der Waals surface area contributed by atoms with Gasteiger partial charge < -0.3 is 13.9 Å². The third-order valence-corrected chi connectivity index (χ3v) is 5.44. The number of ether oxygens (including phenoxy) is 2. The highest BCUT2D eigenvalue weighted by molar-refractivity contribution is 7.89. The summed E-state index contributed by atoms with van der Waals surface area (Å²) in [6, 6.07) is 10.4. The molecule has 2 aromatic heterocycles. The molecule has 0 spiro atoms. The van der Waals surface area contributed by atoms with E-state index in [0.717, 1.165) is 11.3 Å². The zero-order valence-corrected chi connectivity index (χ0v) is 14.2. The topological polar surface area (TPSA) is 81.9 Å². The molecule has 1 aliphatic rings. The molecule has 3 heterocycles. The Hall–Kier alpha value is -2.58. The van der Waals surface area contributed by atoms with Gasteiger partial charge in [-0.3, -0.25) is 0 Å². The van der Waals surface area contributed by atoms with Gasteiger partial charge in [-0.1, -0.05) is 6.07 Å². The van der Waals surface area contributed by atoms with E-state index >= 15 is 0 Å². The van der Waals surface area contributed by atoms with Crippen molar-refractivity contribution in [3.63, 3.8) is 0 Å². The van der Waals surface area contributed by atoms with Gasteiger partial charge in [-0.25, -0.2) is 18.1 Å². The van der Waals surface area contributed by atoms with Crippen LogP contribution in [0.5, 0.6) is 11.5 Å². The molecule has 8 heteroatoms. The fourth-order valence-electron chi connectivity index (χ4n) is 2.76. The van der Waals surface area contributed by atoms with Crippen LogP contribution in [0.15, 0.2) is 53.7 Å². The van der Waals surface area contributed by atoms with Crippen molar-refractivity contribution in [1.82, 2.24) is 14.1 Å². The van der Waals surface area contributed by atoms with E-state index in [9.17, 15) is 8.42 Å². The van der Waals surface area contributed by atoms with E-state index in [1.54, 1.807) is 12.3 Å². The normalized spacial score (nSPS) is 13.9. The second-order valence-electron chi connectivity index (χ2n) is 5.62. The van der Waals surface area contributed by atoms with Crippen LogP contribution in [0.2, 0.25) is 0 Å². The van der Waals surface area contributed by atoms with Gasteiger partial charge in [0.15, 0.2) is 11.5 Å². The Labute approximate surface area is 145 Å². The van der Waals surface area contributed by atoms with Crippen molar-refractivity contribution in [2.75, 3.05) is 19.8 Å². The average molecular weight is 359 g/mol. The Balaban J connectivity index is 1.46. The second kappa shape index (κ2) is 6.38. The molecule has 1 aromatic carbocycles. The lowest BCUT2D eigenvalue weighted by Crippen LogP contribution is -2.26. The van der Waals surface area contributed by atoms with Gasteiger partial charge in [0, 0.05) is 25.2 Å². The summed E-state index contributed by atoms with van der Waals surface area (Å²) in [5.74, 6) is 1.82. The van der Waals surface area contributed by atoms with Crippen molar-refractivity contribution in [3.8, 4) is 11.5 Å². The first-order valence-corrected chi connectivity index (χ1v) is 9.42. The van der Waals surface area contributed by atoms with Gasteiger partial charge >= 0.3 is 0 Å². The van der Waals surface area contributed by atoms with Crippen LogP contribution in [0.4, 0.5) is 0 Å². The van der Waals surface area contributed by atoms with Crippen molar-refractivity contribution >= 4 is 15.5 Å². The summed E-state index contributed by atoms with van der Waals surface area (Å²) < 4.78 is 40.4. The third-order valence-electron chi connectivity index (χ3n) is 3.98. The first kappa shape index (κ1) is 15.9. The molecule has 7 nitrogen and oxygen atoms in total. The summed E-state index contributed by atoms with van der Waals surface area (Å²) in [6.45, 7) is 1.14. The molecule has 4 rings (SSSR count). The summed E-state index contributed by atoms with van der Waals surface area (Å²) in [4.78, 5) is 4.49. The maximum Gasteiger partial charge on any atom is 0.240 e. The predicted octanol–water partition coefficient (Wildman–Crippen LogP) is 1.63. The van der Waals surface area contributed by atoms with E-state index in [2.05, 4.69) is 9.71 Å². The lowest BCUT2D eigenvalue weighted by Gasteiger charge is -2.18. The number of imidazole rings is 1. The molecule has 1 aliphatic heterocycles. The van der Waals surface area contributed by atoms with Crippen LogP contribution in [0, 0.1) is 0 Å².